The van der Waals surface area contributed by atoms with E-state index in [0.717, 1.165) is 11.0 Å². The molecule has 112 valence electrons. The van der Waals surface area contributed by atoms with Gasteiger partial charge in [0, 0.05) is 43.2 Å². The summed E-state index contributed by atoms with van der Waals surface area (Å²) in [5.41, 5.74) is 1.38. The van der Waals surface area contributed by atoms with Crippen molar-refractivity contribution in [2.45, 2.75) is 19.4 Å². The number of hydrogen-bond acceptors (Lipinski definition) is 3. The minimum Gasteiger partial charge on any atom is -0.310 e. The zero-order valence-electron chi connectivity index (χ0n) is 12.6. The molecule has 0 aromatic heterocycles. The predicted molar refractivity (Wildman–Crippen MR) is 89.1 cm³/mol. The van der Waals surface area contributed by atoms with E-state index in [1.54, 1.807) is 0 Å². The van der Waals surface area contributed by atoms with Crippen LogP contribution in [-0.4, -0.2) is 56.1 Å². The Morgan fingerprint density at radius 2 is 2.00 bits per heavy atom. The lowest BCUT2D eigenvalue weighted by molar-refractivity contribution is 0.149. The van der Waals surface area contributed by atoms with Crippen LogP contribution in [-0.2, 0) is 0 Å². The highest BCUT2D eigenvalue weighted by molar-refractivity contribution is 9.10. The minimum absolute atomic E-state index is 0.456. The Bertz CT molecular complexity index is 402. The van der Waals surface area contributed by atoms with Gasteiger partial charge in [-0.3, -0.25) is 0 Å². The van der Waals surface area contributed by atoms with Gasteiger partial charge in [-0.05, 0) is 37.7 Å². The zero-order valence-corrected chi connectivity index (χ0v) is 14.2. The molecule has 0 amide bonds. The van der Waals surface area contributed by atoms with Gasteiger partial charge in [0.25, 0.3) is 0 Å². The minimum atomic E-state index is 0.456. The first kappa shape index (κ1) is 16.0. The molecule has 1 N–H and O–H groups in total. The number of rotatable bonds is 6. The molecule has 1 aromatic rings. The van der Waals surface area contributed by atoms with E-state index in [0.29, 0.717) is 6.04 Å². The van der Waals surface area contributed by atoms with Crippen LogP contribution in [0.2, 0.25) is 0 Å². The Balaban J connectivity index is 1.89. The summed E-state index contributed by atoms with van der Waals surface area (Å²) in [6, 6.07) is 9.13. The van der Waals surface area contributed by atoms with Crippen LogP contribution in [0.25, 0.3) is 0 Å². The summed E-state index contributed by atoms with van der Waals surface area (Å²) in [7, 11) is 2.21. The molecule has 1 aliphatic heterocycles. The normalized spacial score (nSPS) is 19.1. The Hall–Kier alpha value is -0.420. The standard InChI is InChI=1S/C16H26BrN3/c1-3-18-16(14-5-4-6-15(17)13-14)7-8-20-11-9-19(2)10-12-20/h4-6,13,16,18H,3,7-12H2,1-2H3. The summed E-state index contributed by atoms with van der Waals surface area (Å²) in [4.78, 5) is 4.99. The van der Waals surface area contributed by atoms with Gasteiger partial charge in [0.2, 0.25) is 0 Å². The number of piperazine rings is 1. The lowest BCUT2D eigenvalue weighted by atomic mass is 10.0. The smallest absolute Gasteiger partial charge is 0.0332 e. The van der Waals surface area contributed by atoms with E-state index >= 15 is 0 Å². The highest BCUT2D eigenvalue weighted by atomic mass is 79.9. The quantitative estimate of drug-likeness (QED) is 0.859. The fourth-order valence-electron chi connectivity index (χ4n) is 2.74. The maximum atomic E-state index is 3.62. The molecule has 4 heteroatoms. The molecule has 1 fully saturated rings. The van der Waals surface area contributed by atoms with Gasteiger partial charge >= 0.3 is 0 Å². The van der Waals surface area contributed by atoms with E-state index in [4.69, 9.17) is 0 Å². The van der Waals surface area contributed by atoms with Gasteiger partial charge in [0.05, 0.1) is 0 Å². The second-order valence-electron chi connectivity index (χ2n) is 5.60. The third-order valence-electron chi connectivity index (χ3n) is 4.03. The molecule has 1 atom stereocenters. The third kappa shape index (κ3) is 4.85. The van der Waals surface area contributed by atoms with Gasteiger partial charge in [-0.25, -0.2) is 0 Å². The maximum Gasteiger partial charge on any atom is 0.0332 e. The van der Waals surface area contributed by atoms with Gasteiger partial charge in [0.15, 0.2) is 0 Å². The SMILES string of the molecule is CCNC(CCN1CCN(C)CC1)c1cccc(Br)c1. The first-order valence-corrected chi connectivity index (χ1v) is 8.38. The van der Waals surface area contributed by atoms with Gasteiger partial charge in [-0.1, -0.05) is 35.0 Å². The molecule has 3 nitrogen and oxygen atoms in total. The van der Waals surface area contributed by atoms with Crippen molar-refractivity contribution in [2.24, 2.45) is 0 Å². The molecular formula is C16H26BrN3. The average molecular weight is 340 g/mol. The Kier molecular flexibility index (Phi) is 6.49. The fraction of sp³-hybridized carbons (Fsp3) is 0.625. The lowest BCUT2D eigenvalue weighted by Crippen LogP contribution is -2.45. The van der Waals surface area contributed by atoms with Crippen molar-refractivity contribution in [1.82, 2.24) is 15.1 Å². The van der Waals surface area contributed by atoms with Crippen molar-refractivity contribution in [3.63, 3.8) is 0 Å². The third-order valence-corrected chi connectivity index (χ3v) is 4.52. The van der Waals surface area contributed by atoms with Crippen molar-refractivity contribution < 1.29 is 0 Å². The summed E-state index contributed by atoms with van der Waals surface area (Å²) < 4.78 is 1.16. The maximum absolute atomic E-state index is 3.62. The van der Waals surface area contributed by atoms with Crippen LogP contribution in [0, 0.1) is 0 Å². The topological polar surface area (TPSA) is 18.5 Å². The Labute approximate surface area is 131 Å². The fourth-order valence-corrected chi connectivity index (χ4v) is 3.16. The molecule has 0 aliphatic carbocycles. The van der Waals surface area contributed by atoms with E-state index in [1.807, 2.05) is 0 Å². The number of halogens is 1. The van der Waals surface area contributed by atoms with Crippen LogP contribution >= 0.6 is 15.9 Å². The molecule has 0 saturated carbocycles. The second-order valence-corrected chi connectivity index (χ2v) is 6.51. The molecule has 1 unspecified atom stereocenters. The molecule has 20 heavy (non-hydrogen) atoms. The summed E-state index contributed by atoms with van der Waals surface area (Å²) in [6.07, 6.45) is 1.17. The zero-order chi connectivity index (χ0) is 14.4. The van der Waals surface area contributed by atoms with Crippen molar-refractivity contribution >= 4 is 15.9 Å². The molecule has 0 spiro atoms. The molecule has 1 aliphatic rings. The summed E-state index contributed by atoms with van der Waals surface area (Å²) in [5.74, 6) is 0. The Morgan fingerprint density at radius 3 is 2.65 bits per heavy atom. The monoisotopic (exact) mass is 339 g/mol. The lowest BCUT2D eigenvalue weighted by Gasteiger charge is -2.33. The van der Waals surface area contributed by atoms with Crippen molar-refractivity contribution in [2.75, 3.05) is 46.3 Å². The van der Waals surface area contributed by atoms with Crippen LogP contribution in [0.3, 0.4) is 0 Å². The summed E-state index contributed by atoms with van der Waals surface area (Å²) >= 11 is 3.57. The molecule has 1 heterocycles. The van der Waals surface area contributed by atoms with Gasteiger partial charge in [0.1, 0.15) is 0 Å². The van der Waals surface area contributed by atoms with Crippen molar-refractivity contribution in [3.05, 3.63) is 34.3 Å². The number of likely N-dealkylation sites (N-methyl/N-ethyl adjacent to an activating group) is 1. The first-order chi connectivity index (χ1) is 9.69. The predicted octanol–water partition coefficient (Wildman–Crippen LogP) is 2.74. The molecule has 2 rings (SSSR count). The summed E-state index contributed by atoms with van der Waals surface area (Å²) in [6.45, 7) is 9.17. The van der Waals surface area contributed by atoms with Crippen LogP contribution in [0.4, 0.5) is 0 Å². The number of nitrogens with zero attached hydrogens (tertiary/aromatic N) is 2. The molecule has 1 saturated heterocycles. The highest BCUT2D eigenvalue weighted by Gasteiger charge is 2.16. The van der Waals surface area contributed by atoms with E-state index in [2.05, 4.69) is 69.3 Å². The van der Waals surface area contributed by atoms with E-state index in [-0.39, 0.29) is 0 Å². The van der Waals surface area contributed by atoms with E-state index in [9.17, 15) is 0 Å². The van der Waals surface area contributed by atoms with Crippen molar-refractivity contribution in [1.29, 1.82) is 0 Å². The molecular weight excluding hydrogens is 314 g/mol. The van der Waals surface area contributed by atoms with E-state index < -0.39 is 0 Å². The van der Waals surface area contributed by atoms with Crippen LogP contribution < -0.4 is 5.32 Å². The summed E-state index contributed by atoms with van der Waals surface area (Å²) in [5, 5.41) is 3.62. The van der Waals surface area contributed by atoms with E-state index in [1.165, 1.54) is 44.7 Å². The largest absolute Gasteiger partial charge is 0.310 e. The number of benzene rings is 1. The molecule has 0 radical (unpaired) electrons. The van der Waals surface area contributed by atoms with Crippen LogP contribution in [0.15, 0.2) is 28.7 Å². The number of nitrogens with one attached hydrogen (secondary N) is 1. The average Bonchev–Trinajstić information content (AvgIpc) is 2.45. The van der Waals surface area contributed by atoms with Gasteiger partial charge in [-0.15, -0.1) is 0 Å². The molecule has 0 bridgehead atoms. The van der Waals surface area contributed by atoms with Gasteiger partial charge in [-0.2, -0.15) is 0 Å². The second kappa shape index (κ2) is 8.13. The Morgan fingerprint density at radius 1 is 1.25 bits per heavy atom. The first-order valence-electron chi connectivity index (χ1n) is 7.58. The van der Waals surface area contributed by atoms with Crippen molar-refractivity contribution in [3.8, 4) is 0 Å². The van der Waals surface area contributed by atoms with Gasteiger partial charge < -0.3 is 15.1 Å². The number of hydrogen-bond donors (Lipinski definition) is 1. The van der Waals surface area contributed by atoms with Crippen LogP contribution in [0.1, 0.15) is 24.9 Å². The van der Waals surface area contributed by atoms with Crippen LogP contribution in [0.5, 0.6) is 0 Å². The highest BCUT2D eigenvalue weighted by Crippen LogP contribution is 2.21. The molecule has 1 aromatic carbocycles.